The number of hydrogen-bond acceptors (Lipinski definition) is 6. The van der Waals surface area contributed by atoms with Crippen LogP contribution in [-0.4, -0.2) is 53.8 Å². The molecule has 9 nitrogen and oxygen atoms in total. The zero-order valence-electron chi connectivity index (χ0n) is 18.7. The van der Waals surface area contributed by atoms with Crippen LogP contribution in [0.4, 0.5) is 19.3 Å². The standard InChI is InChI=1S/C23H26F2N6O3/c1-15(32)29-27-11-19-14-31(23(33)34-19)18-4-5-20(21(25)9-18)16-3-6-22-28-17(13-30(22)12-16)10-26-8-2-7-24/h3-6,9,12-13,19,26-27H,2,7-8,10-11,14H2,1H3,(H,29,32). The molecule has 11 heteroatoms. The van der Waals surface area contributed by atoms with E-state index < -0.39 is 18.0 Å². The lowest BCUT2D eigenvalue weighted by atomic mass is 10.1. The number of anilines is 1. The number of fused-ring (bicyclic) bond motifs is 1. The second kappa shape index (κ2) is 10.6. The van der Waals surface area contributed by atoms with Crippen LogP contribution in [0.1, 0.15) is 19.0 Å². The van der Waals surface area contributed by atoms with E-state index in [4.69, 9.17) is 4.74 Å². The van der Waals surface area contributed by atoms with E-state index in [-0.39, 0.29) is 25.7 Å². The van der Waals surface area contributed by atoms with E-state index in [1.54, 1.807) is 30.5 Å². The Bertz CT molecular complexity index is 1180. The normalized spacial score (nSPS) is 15.7. The van der Waals surface area contributed by atoms with Gasteiger partial charge in [0, 0.05) is 37.0 Å². The number of carbonyl (C=O) groups excluding carboxylic acids is 2. The van der Waals surface area contributed by atoms with Crippen molar-refractivity contribution in [1.82, 2.24) is 25.6 Å². The van der Waals surface area contributed by atoms with Crippen LogP contribution in [0.25, 0.3) is 16.8 Å². The van der Waals surface area contributed by atoms with Crippen molar-refractivity contribution in [2.45, 2.75) is 26.0 Å². The van der Waals surface area contributed by atoms with Gasteiger partial charge in [0.15, 0.2) is 0 Å². The maximum atomic E-state index is 15.0. The molecule has 1 unspecified atom stereocenters. The molecule has 0 aliphatic carbocycles. The van der Waals surface area contributed by atoms with Crippen molar-refractivity contribution >= 4 is 23.3 Å². The Morgan fingerprint density at radius 2 is 2.12 bits per heavy atom. The van der Waals surface area contributed by atoms with E-state index in [0.717, 1.165) is 11.3 Å². The Kier molecular flexibility index (Phi) is 7.33. The Morgan fingerprint density at radius 1 is 1.26 bits per heavy atom. The van der Waals surface area contributed by atoms with Gasteiger partial charge in [-0.2, -0.15) is 0 Å². The Labute approximate surface area is 195 Å². The van der Waals surface area contributed by atoms with Crippen molar-refractivity contribution in [2.24, 2.45) is 0 Å². The van der Waals surface area contributed by atoms with Gasteiger partial charge in [0.25, 0.3) is 0 Å². The van der Waals surface area contributed by atoms with Crippen molar-refractivity contribution in [3.05, 3.63) is 54.2 Å². The minimum Gasteiger partial charge on any atom is -0.442 e. The second-order valence-electron chi connectivity index (χ2n) is 7.98. The first-order chi connectivity index (χ1) is 16.4. The molecule has 180 valence electrons. The highest BCUT2D eigenvalue weighted by Crippen LogP contribution is 2.29. The van der Waals surface area contributed by atoms with Gasteiger partial charge in [-0.3, -0.25) is 19.5 Å². The molecular formula is C23H26F2N6O3. The van der Waals surface area contributed by atoms with Crippen molar-refractivity contribution < 1.29 is 23.1 Å². The predicted molar refractivity (Wildman–Crippen MR) is 122 cm³/mol. The maximum Gasteiger partial charge on any atom is 0.414 e. The van der Waals surface area contributed by atoms with Crippen LogP contribution >= 0.6 is 0 Å². The highest BCUT2D eigenvalue weighted by molar-refractivity contribution is 5.90. The summed E-state index contributed by atoms with van der Waals surface area (Å²) in [6.07, 6.45) is 3.04. The maximum absolute atomic E-state index is 15.0. The molecule has 3 aromatic rings. The fraction of sp³-hybridized carbons (Fsp3) is 0.348. The van der Waals surface area contributed by atoms with Crippen LogP contribution in [0.3, 0.4) is 0 Å². The number of aromatic nitrogens is 2. The number of alkyl halides is 1. The number of benzene rings is 1. The first-order valence-electron chi connectivity index (χ1n) is 11.0. The summed E-state index contributed by atoms with van der Waals surface area (Å²) in [5.74, 6) is -0.730. The number of amides is 2. The largest absolute Gasteiger partial charge is 0.442 e. The number of hydrazine groups is 1. The molecule has 4 rings (SSSR count). The first-order valence-corrected chi connectivity index (χ1v) is 11.0. The summed E-state index contributed by atoms with van der Waals surface area (Å²) in [6, 6.07) is 8.19. The highest BCUT2D eigenvalue weighted by Gasteiger charge is 2.32. The number of carbonyl (C=O) groups is 2. The molecule has 1 saturated heterocycles. The van der Waals surface area contributed by atoms with Crippen molar-refractivity contribution in [2.75, 3.05) is 31.2 Å². The van der Waals surface area contributed by atoms with Crippen molar-refractivity contribution in [3.8, 4) is 11.1 Å². The number of imidazole rings is 1. The van der Waals surface area contributed by atoms with Gasteiger partial charge < -0.3 is 14.5 Å². The quantitative estimate of drug-likeness (QED) is 0.310. The van der Waals surface area contributed by atoms with Gasteiger partial charge in [-0.15, -0.1) is 0 Å². The van der Waals surface area contributed by atoms with E-state index in [2.05, 4.69) is 21.2 Å². The van der Waals surface area contributed by atoms with Gasteiger partial charge in [0.05, 0.1) is 31.1 Å². The van der Waals surface area contributed by atoms with Gasteiger partial charge >= 0.3 is 6.09 Å². The van der Waals surface area contributed by atoms with Crippen LogP contribution in [0.5, 0.6) is 0 Å². The zero-order chi connectivity index (χ0) is 24.1. The molecule has 0 saturated carbocycles. The van der Waals surface area contributed by atoms with E-state index in [9.17, 15) is 14.0 Å². The highest BCUT2D eigenvalue weighted by atomic mass is 19.1. The molecule has 0 spiro atoms. The van der Waals surface area contributed by atoms with Crippen LogP contribution in [0.15, 0.2) is 42.7 Å². The summed E-state index contributed by atoms with van der Waals surface area (Å²) in [5.41, 5.74) is 8.08. The molecule has 1 fully saturated rings. The summed E-state index contributed by atoms with van der Waals surface area (Å²) in [4.78, 5) is 29.0. The first kappa shape index (κ1) is 23.6. The average molecular weight is 472 g/mol. The number of hydrogen-bond donors (Lipinski definition) is 3. The van der Waals surface area contributed by atoms with Gasteiger partial charge in [-0.1, -0.05) is 0 Å². The van der Waals surface area contributed by atoms with Crippen molar-refractivity contribution in [3.63, 3.8) is 0 Å². The molecule has 0 bridgehead atoms. The van der Waals surface area contributed by atoms with Crippen LogP contribution in [0.2, 0.25) is 0 Å². The Hall–Kier alpha value is -3.57. The number of cyclic esters (lactones) is 1. The third kappa shape index (κ3) is 5.49. The summed E-state index contributed by atoms with van der Waals surface area (Å²) in [7, 11) is 0. The molecule has 2 aromatic heterocycles. The summed E-state index contributed by atoms with van der Waals surface area (Å²) in [6.45, 7) is 2.56. The Balaban J connectivity index is 1.45. The number of rotatable bonds is 10. The topological polar surface area (TPSA) is 100 Å². The van der Waals surface area contributed by atoms with Gasteiger partial charge in [0.1, 0.15) is 17.6 Å². The Morgan fingerprint density at radius 3 is 2.88 bits per heavy atom. The smallest absolute Gasteiger partial charge is 0.414 e. The van der Waals surface area contributed by atoms with E-state index in [0.29, 0.717) is 36.3 Å². The van der Waals surface area contributed by atoms with Crippen LogP contribution in [0, 0.1) is 5.82 Å². The van der Waals surface area contributed by atoms with Gasteiger partial charge in [0.2, 0.25) is 5.91 Å². The minimum atomic E-state index is -0.575. The number of pyridine rings is 1. The van der Waals surface area contributed by atoms with E-state index in [1.807, 2.05) is 10.6 Å². The van der Waals surface area contributed by atoms with Crippen molar-refractivity contribution in [1.29, 1.82) is 0 Å². The van der Waals surface area contributed by atoms with Gasteiger partial charge in [-0.25, -0.2) is 19.6 Å². The average Bonchev–Trinajstić information content (AvgIpc) is 3.38. The molecule has 1 aliphatic heterocycles. The number of halogens is 2. The fourth-order valence-corrected chi connectivity index (χ4v) is 3.73. The molecule has 3 N–H and O–H groups in total. The predicted octanol–water partition coefficient (Wildman–Crippen LogP) is 2.56. The lowest BCUT2D eigenvalue weighted by Crippen LogP contribution is -2.41. The molecule has 1 aromatic carbocycles. The van der Waals surface area contributed by atoms with Crippen LogP contribution < -0.4 is 21.1 Å². The third-order valence-corrected chi connectivity index (χ3v) is 5.34. The van der Waals surface area contributed by atoms with Crippen LogP contribution in [-0.2, 0) is 16.1 Å². The third-order valence-electron chi connectivity index (χ3n) is 5.34. The summed E-state index contributed by atoms with van der Waals surface area (Å²) >= 11 is 0. The molecular weight excluding hydrogens is 446 g/mol. The minimum absolute atomic E-state index is 0.230. The molecule has 1 atom stereocenters. The number of ether oxygens (including phenoxy) is 1. The van der Waals surface area contributed by atoms with Gasteiger partial charge in [-0.05, 0) is 43.3 Å². The lowest BCUT2D eigenvalue weighted by molar-refractivity contribution is -0.120. The van der Waals surface area contributed by atoms with E-state index >= 15 is 4.39 Å². The summed E-state index contributed by atoms with van der Waals surface area (Å²) in [5, 5.41) is 3.13. The number of nitrogens with one attached hydrogen (secondary N) is 3. The molecule has 0 radical (unpaired) electrons. The SMILES string of the molecule is CC(=O)NNCC1CN(c2ccc(-c3ccc4nc(CNCCCF)cn4c3)c(F)c2)C(=O)O1. The number of nitrogens with zero attached hydrogens (tertiary/aromatic N) is 3. The summed E-state index contributed by atoms with van der Waals surface area (Å²) < 4.78 is 34.3. The molecule has 1 aliphatic rings. The monoisotopic (exact) mass is 472 g/mol. The molecule has 3 heterocycles. The zero-order valence-corrected chi connectivity index (χ0v) is 18.7. The lowest BCUT2D eigenvalue weighted by Gasteiger charge is -2.15. The molecule has 34 heavy (non-hydrogen) atoms. The fourth-order valence-electron chi connectivity index (χ4n) is 3.73. The second-order valence-corrected chi connectivity index (χ2v) is 7.98. The molecule has 2 amide bonds. The van der Waals surface area contributed by atoms with E-state index in [1.165, 1.54) is 17.9 Å².